The van der Waals surface area contributed by atoms with Crippen molar-refractivity contribution in [2.75, 3.05) is 17.2 Å². The van der Waals surface area contributed by atoms with E-state index in [0.717, 1.165) is 4.68 Å². The molecule has 11 heteroatoms. The summed E-state index contributed by atoms with van der Waals surface area (Å²) in [5.41, 5.74) is 2.85. The third-order valence-electron chi connectivity index (χ3n) is 5.61. The standard InChI is InChI=1S/C25H25ClF2N8/c1-13-16(6-7-19(27)32-13)22(23-24(28)36(5)35-34-23)33-15-8-17-20(31-12-25(2,3)4)14(10-29)11-30-21(17)18(26)9-15/h6-9,11,22,33H,12H2,1-5H3,(H,30,31). The molecule has 3 heterocycles. The van der Waals surface area contributed by atoms with Crippen molar-refractivity contribution in [3.05, 3.63) is 69.9 Å². The summed E-state index contributed by atoms with van der Waals surface area (Å²) in [6.45, 7) is 8.47. The third-order valence-corrected chi connectivity index (χ3v) is 5.90. The second kappa shape index (κ2) is 9.66. The lowest BCUT2D eigenvalue weighted by molar-refractivity contribution is 0.443. The first kappa shape index (κ1) is 25.3. The molecule has 4 aromatic rings. The molecule has 0 fully saturated rings. The number of nitrogens with one attached hydrogen (secondary N) is 2. The van der Waals surface area contributed by atoms with E-state index in [0.29, 0.717) is 50.7 Å². The van der Waals surface area contributed by atoms with Crippen molar-refractivity contribution in [1.29, 1.82) is 5.26 Å². The normalized spacial score (nSPS) is 12.4. The molecule has 186 valence electrons. The van der Waals surface area contributed by atoms with Gasteiger partial charge in [0.05, 0.1) is 21.8 Å². The number of pyridine rings is 2. The highest BCUT2D eigenvalue weighted by Crippen LogP contribution is 2.36. The predicted molar refractivity (Wildman–Crippen MR) is 135 cm³/mol. The van der Waals surface area contributed by atoms with Gasteiger partial charge in [-0.05, 0) is 30.5 Å². The van der Waals surface area contributed by atoms with Crippen molar-refractivity contribution in [1.82, 2.24) is 25.0 Å². The van der Waals surface area contributed by atoms with Gasteiger partial charge in [-0.2, -0.15) is 14.0 Å². The van der Waals surface area contributed by atoms with E-state index in [1.54, 1.807) is 19.1 Å². The first-order valence-electron chi connectivity index (χ1n) is 11.2. The number of halogens is 3. The molecule has 0 aliphatic carbocycles. The number of rotatable bonds is 6. The Morgan fingerprint density at radius 3 is 2.58 bits per heavy atom. The summed E-state index contributed by atoms with van der Waals surface area (Å²) < 4.78 is 29.7. The largest absolute Gasteiger partial charge is 0.383 e. The Bertz CT molecular complexity index is 1490. The van der Waals surface area contributed by atoms with Gasteiger partial charge in [-0.25, -0.2) is 9.67 Å². The Balaban J connectivity index is 1.86. The zero-order valence-electron chi connectivity index (χ0n) is 20.5. The van der Waals surface area contributed by atoms with Crippen molar-refractivity contribution in [3.63, 3.8) is 0 Å². The van der Waals surface area contributed by atoms with Gasteiger partial charge in [0, 0.05) is 42.1 Å². The van der Waals surface area contributed by atoms with Crippen molar-refractivity contribution < 1.29 is 8.78 Å². The molecule has 1 aromatic carbocycles. The Morgan fingerprint density at radius 2 is 1.97 bits per heavy atom. The SMILES string of the molecule is Cc1nc(F)ccc1C(Nc1cc(Cl)c2ncc(C#N)c(NCC(C)(C)C)c2c1)c1nnn(C)c1F. The van der Waals surface area contributed by atoms with Gasteiger partial charge < -0.3 is 10.6 Å². The van der Waals surface area contributed by atoms with E-state index in [1.807, 2.05) is 0 Å². The average molecular weight is 511 g/mol. The fourth-order valence-corrected chi connectivity index (χ4v) is 4.08. The van der Waals surface area contributed by atoms with E-state index in [2.05, 4.69) is 57.8 Å². The summed E-state index contributed by atoms with van der Waals surface area (Å²) in [5.74, 6) is -1.29. The molecule has 8 nitrogen and oxygen atoms in total. The van der Waals surface area contributed by atoms with E-state index >= 15 is 0 Å². The molecule has 4 rings (SSSR count). The Morgan fingerprint density at radius 1 is 1.22 bits per heavy atom. The molecule has 0 saturated heterocycles. The molecule has 0 radical (unpaired) electrons. The summed E-state index contributed by atoms with van der Waals surface area (Å²) >= 11 is 6.60. The maximum atomic E-state index is 14.9. The van der Waals surface area contributed by atoms with Crippen LogP contribution in [0.3, 0.4) is 0 Å². The number of anilines is 2. The highest BCUT2D eigenvalue weighted by Gasteiger charge is 2.26. The molecule has 0 amide bonds. The predicted octanol–water partition coefficient (Wildman–Crippen LogP) is 5.53. The smallest absolute Gasteiger partial charge is 0.237 e. The van der Waals surface area contributed by atoms with Crippen LogP contribution in [0.15, 0.2) is 30.5 Å². The molecule has 1 atom stereocenters. The van der Waals surface area contributed by atoms with Gasteiger partial charge in [-0.15, -0.1) is 5.10 Å². The number of hydrogen-bond donors (Lipinski definition) is 2. The summed E-state index contributed by atoms with van der Waals surface area (Å²) in [7, 11) is 1.44. The fourth-order valence-electron chi connectivity index (χ4n) is 3.82. The minimum Gasteiger partial charge on any atom is -0.383 e. The van der Waals surface area contributed by atoms with Crippen molar-refractivity contribution in [2.45, 2.75) is 33.7 Å². The van der Waals surface area contributed by atoms with Crippen LogP contribution in [0.25, 0.3) is 10.9 Å². The van der Waals surface area contributed by atoms with Gasteiger partial charge >= 0.3 is 0 Å². The number of aryl methyl sites for hydroxylation is 2. The zero-order chi connectivity index (χ0) is 26.2. The highest BCUT2D eigenvalue weighted by molar-refractivity contribution is 6.35. The maximum Gasteiger partial charge on any atom is 0.237 e. The van der Waals surface area contributed by atoms with Gasteiger partial charge in [0.1, 0.15) is 17.8 Å². The number of benzene rings is 1. The van der Waals surface area contributed by atoms with Gasteiger partial charge in [-0.1, -0.05) is 43.7 Å². The lowest BCUT2D eigenvalue weighted by Crippen LogP contribution is -2.20. The van der Waals surface area contributed by atoms with Gasteiger partial charge in [-0.3, -0.25) is 4.98 Å². The molecule has 0 aliphatic rings. The molecule has 0 bridgehead atoms. The second-order valence-corrected chi connectivity index (χ2v) is 10.1. The van der Waals surface area contributed by atoms with E-state index in [4.69, 9.17) is 11.6 Å². The van der Waals surface area contributed by atoms with E-state index in [9.17, 15) is 14.0 Å². The minimum atomic E-state index is -0.849. The topological polar surface area (TPSA) is 104 Å². The van der Waals surface area contributed by atoms with Crippen LogP contribution in [0.5, 0.6) is 0 Å². The summed E-state index contributed by atoms with van der Waals surface area (Å²) in [6, 6.07) is 7.50. The van der Waals surface area contributed by atoms with Crippen LogP contribution in [0.4, 0.5) is 20.2 Å². The number of nitriles is 1. The molecule has 0 saturated carbocycles. The number of nitrogens with zero attached hydrogens (tertiary/aromatic N) is 6. The summed E-state index contributed by atoms with van der Waals surface area (Å²) in [6.07, 6.45) is 1.48. The Labute approximate surface area is 212 Å². The lowest BCUT2D eigenvalue weighted by Gasteiger charge is -2.23. The number of hydrogen-bond acceptors (Lipinski definition) is 7. The second-order valence-electron chi connectivity index (χ2n) is 9.70. The fraction of sp³-hybridized carbons (Fsp3) is 0.320. The monoisotopic (exact) mass is 510 g/mol. The highest BCUT2D eigenvalue weighted by atomic mass is 35.5. The van der Waals surface area contributed by atoms with Crippen LogP contribution in [-0.4, -0.2) is 31.5 Å². The van der Waals surface area contributed by atoms with Crippen LogP contribution in [0, 0.1) is 35.6 Å². The molecular weight excluding hydrogens is 486 g/mol. The Hall–Kier alpha value is -3.84. The minimum absolute atomic E-state index is 0.0141. The van der Waals surface area contributed by atoms with Crippen LogP contribution in [0.1, 0.15) is 49.3 Å². The molecule has 0 aliphatic heterocycles. The van der Waals surface area contributed by atoms with E-state index in [1.165, 1.54) is 25.4 Å². The van der Waals surface area contributed by atoms with E-state index < -0.39 is 17.9 Å². The first-order chi connectivity index (χ1) is 17.0. The van der Waals surface area contributed by atoms with Crippen molar-refractivity contribution in [2.24, 2.45) is 12.5 Å². The molecule has 1 unspecified atom stereocenters. The number of fused-ring (bicyclic) bond motifs is 1. The Kier molecular flexibility index (Phi) is 6.78. The van der Waals surface area contributed by atoms with Crippen LogP contribution in [0.2, 0.25) is 5.02 Å². The molecular formula is C25H25ClF2N8. The zero-order valence-corrected chi connectivity index (χ0v) is 21.2. The lowest BCUT2D eigenvalue weighted by atomic mass is 9.96. The van der Waals surface area contributed by atoms with Gasteiger partial charge in [0.25, 0.3) is 0 Å². The van der Waals surface area contributed by atoms with Gasteiger partial charge in [0.2, 0.25) is 11.9 Å². The molecule has 3 aromatic heterocycles. The van der Waals surface area contributed by atoms with Crippen LogP contribution in [-0.2, 0) is 7.05 Å². The van der Waals surface area contributed by atoms with E-state index in [-0.39, 0.29) is 11.1 Å². The number of aromatic nitrogens is 5. The molecule has 36 heavy (non-hydrogen) atoms. The van der Waals surface area contributed by atoms with Crippen LogP contribution < -0.4 is 10.6 Å². The summed E-state index contributed by atoms with van der Waals surface area (Å²) in [4.78, 5) is 8.26. The van der Waals surface area contributed by atoms with Crippen molar-refractivity contribution >= 4 is 33.9 Å². The molecule has 2 N–H and O–H groups in total. The third kappa shape index (κ3) is 5.06. The van der Waals surface area contributed by atoms with Crippen LogP contribution >= 0.6 is 11.6 Å². The van der Waals surface area contributed by atoms with Crippen molar-refractivity contribution in [3.8, 4) is 6.07 Å². The summed E-state index contributed by atoms with van der Waals surface area (Å²) in [5, 5.41) is 25.0. The average Bonchev–Trinajstić information content (AvgIpc) is 3.13. The molecule has 0 spiro atoms. The van der Waals surface area contributed by atoms with Gasteiger partial charge in [0.15, 0.2) is 0 Å². The first-order valence-corrected chi connectivity index (χ1v) is 11.6. The quantitative estimate of drug-likeness (QED) is 0.329. The maximum absolute atomic E-state index is 14.9.